The third-order valence-electron chi connectivity index (χ3n) is 6.38. The molecule has 0 aliphatic carbocycles. The Morgan fingerprint density at radius 3 is 2.32 bits per heavy atom. The summed E-state index contributed by atoms with van der Waals surface area (Å²) in [7, 11) is -1.99. The van der Waals surface area contributed by atoms with Gasteiger partial charge in [-0.2, -0.15) is 31.4 Å². The van der Waals surface area contributed by atoms with Crippen LogP contribution in [0.5, 0.6) is 0 Å². The Labute approximate surface area is 215 Å². The van der Waals surface area contributed by atoms with E-state index >= 15 is 0 Å². The van der Waals surface area contributed by atoms with Crippen LogP contribution in [-0.4, -0.2) is 37.5 Å². The Kier molecular flexibility index (Phi) is 7.45. The summed E-state index contributed by atoms with van der Waals surface area (Å²) in [4.78, 5) is 0.190. The molecule has 4 rings (SSSR count). The molecule has 1 N–H and O–H groups in total. The lowest BCUT2D eigenvalue weighted by Gasteiger charge is -2.39. The Hall–Kier alpha value is -3.19. The van der Waals surface area contributed by atoms with Gasteiger partial charge in [-0.3, -0.25) is 8.99 Å². The first kappa shape index (κ1) is 27.8. The van der Waals surface area contributed by atoms with Gasteiger partial charge in [0.05, 0.1) is 17.1 Å². The summed E-state index contributed by atoms with van der Waals surface area (Å²) in [5.41, 5.74) is -5.51. The van der Waals surface area contributed by atoms with Crippen molar-refractivity contribution in [2.75, 3.05) is 4.31 Å². The van der Waals surface area contributed by atoms with Crippen LogP contribution < -0.4 is 4.31 Å². The molecule has 0 saturated carbocycles. The van der Waals surface area contributed by atoms with Crippen LogP contribution in [0.1, 0.15) is 23.2 Å². The van der Waals surface area contributed by atoms with Crippen molar-refractivity contribution in [2.24, 2.45) is 0 Å². The summed E-state index contributed by atoms with van der Waals surface area (Å²) in [6, 6.07) is 8.23. The second kappa shape index (κ2) is 10.2. The van der Waals surface area contributed by atoms with Gasteiger partial charge in [0.25, 0.3) is 5.60 Å². The molecule has 13 heteroatoms. The summed E-state index contributed by atoms with van der Waals surface area (Å²) < 4.78 is 111. The van der Waals surface area contributed by atoms with Crippen molar-refractivity contribution in [3.05, 3.63) is 90.0 Å². The van der Waals surface area contributed by atoms with E-state index in [9.17, 15) is 40.0 Å². The van der Waals surface area contributed by atoms with Crippen molar-refractivity contribution in [3.8, 4) is 0 Å². The van der Waals surface area contributed by atoms with Gasteiger partial charge in [-0.25, -0.2) is 8.60 Å². The standard InChI is InChI=1S/C25H22F7N3O2S/c1-2-13-34-19(11-12-33-34)15-20-7-3-16-14-17(23(36,24(27,28)29)25(30,31)32)4-10-22(16)35(20)38(37)21-8-5-18(26)6-9-21/h2,4-6,8-12,14,20,36H,1,3,7,13,15H2/t20-,38?/m0/s1. The van der Waals surface area contributed by atoms with Crippen molar-refractivity contribution >= 4 is 16.7 Å². The topological polar surface area (TPSA) is 58.4 Å². The number of allylic oxidation sites excluding steroid dienone is 1. The van der Waals surface area contributed by atoms with E-state index in [2.05, 4.69) is 11.7 Å². The van der Waals surface area contributed by atoms with Crippen LogP contribution in [-0.2, 0) is 36.0 Å². The number of anilines is 1. The van der Waals surface area contributed by atoms with Crippen LogP contribution in [0.2, 0.25) is 0 Å². The zero-order valence-electron chi connectivity index (χ0n) is 19.6. The summed E-state index contributed by atoms with van der Waals surface area (Å²) in [5, 5.41) is 14.1. The predicted molar refractivity (Wildman–Crippen MR) is 126 cm³/mol. The van der Waals surface area contributed by atoms with Crippen LogP contribution in [0.25, 0.3) is 0 Å². The molecule has 3 aromatic rings. The summed E-state index contributed by atoms with van der Waals surface area (Å²) in [5.74, 6) is -0.571. The number of aromatic nitrogens is 2. The first-order valence-corrected chi connectivity index (χ1v) is 12.5. The number of aryl methyl sites for hydroxylation is 1. The largest absolute Gasteiger partial charge is 0.430 e. The van der Waals surface area contributed by atoms with Gasteiger partial charge in [-0.05, 0) is 54.8 Å². The highest BCUT2D eigenvalue weighted by Gasteiger charge is 2.71. The van der Waals surface area contributed by atoms with Crippen molar-refractivity contribution < 1.29 is 40.0 Å². The van der Waals surface area contributed by atoms with Gasteiger partial charge in [0.15, 0.2) is 11.0 Å². The van der Waals surface area contributed by atoms with E-state index in [4.69, 9.17) is 0 Å². The Bertz CT molecular complexity index is 1320. The molecular formula is C25H22F7N3O2S. The minimum absolute atomic E-state index is 0.0562. The molecule has 0 bridgehead atoms. The van der Waals surface area contributed by atoms with Gasteiger partial charge < -0.3 is 5.11 Å². The maximum Gasteiger partial charge on any atom is 0.430 e. The third kappa shape index (κ3) is 4.96. The lowest BCUT2D eigenvalue weighted by atomic mass is 9.87. The quantitative estimate of drug-likeness (QED) is 0.302. The fraction of sp³-hybridized carbons (Fsp3) is 0.320. The van der Waals surface area contributed by atoms with Crippen LogP contribution in [0, 0.1) is 5.82 Å². The number of halogens is 7. The van der Waals surface area contributed by atoms with Crippen LogP contribution in [0.15, 0.2) is 72.3 Å². The molecule has 2 aromatic carbocycles. The van der Waals surface area contributed by atoms with E-state index in [1.807, 2.05) is 0 Å². The summed E-state index contributed by atoms with van der Waals surface area (Å²) in [6.07, 6.45) is -8.28. The first-order chi connectivity index (χ1) is 17.8. The first-order valence-electron chi connectivity index (χ1n) is 11.4. The average molecular weight is 562 g/mol. The second-order valence-electron chi connectivity index (χ2n) is 8.77. The molecule has 0 radical (unpaired) electrons. The molecule has 38 heavy (non-hydrogen) atoms. The normalized spacial score (nSPS) is 17.3. The van der Waals surface area contributed by atoms with Gasteiger partial charge >= 0.3 is 12.4 Å². The molecule has 1 aromatic heterocycles. The summed E-state index contributed by atoms with van der Waals surface area (Å²) in [6.45, 7) is 4.07. The molecular weight excluding hydrogens is 539 g/mol. The molecule has 0 saturated heterocycles. The van der Waals surface area contributed by atoms with Crippen molar-refractivity contribution in [1.29, 1.82) is 0 Å². The molecule has 1 unspecified atom stereocenters. The maximum atomic E-state index is 13.7. The van der Waals surface area contributed by atoms with E-state index in [0.717, 1.165) is 23.9 Å². The molecule has 1 aliphatic heterocycles. The van der Waals surface area contributed by atoms with Gasteiger partial charge in [0.2, 0.25) is 0 Å². The van der Waals surface area contributed by atoms with E-state index in [1.165, 1.54) is 16.4 Å². The molecule has 2 heterocycles. The number of aliphatic hydroxyl groups is 1. The SMILES string of the molecule is C=CCn1nccc1C[C@@H]1CCc2cc(C(O)(C(F)(F)F)C(F)(F)F)ccc2N1S(=O)c1ccc(F)cc1. The Morgan fingerprint density at radius 1 is 1.05 bits per heavy atom. The zero-order chi connectivity index (χ0) is 27.9. The minimum atomic E-state index is -6.03. The number of alkyl halides is 6. The summed E-state index contributed by atoms with van der Waals surface area (Å²) >= 11 is 0. The van der Waals surface area contributed by atoms with Crippen LogP contribution >= 0.6 is 0 Å². The minimum Gasteiger partial charge on any atom is -0.369 e. The molecule has 0 fully saturated rings. The Morgan fingerprint density at radius 2 is 1.71 bits per heavy atom. The number of hydrogen-bond donors (Lipinski definition) is 1. The highest BCUT2D eigenvalue weighted by molar-refractivity contribution is 7.86. The van der Waals surface area contributed by atoms with E-state index < -0.39 is 46.4 Å². The van der Waals surface area contributed by atoms with Gasteiger partial charge in [0.1, 0.15) is 5.82 Å². The lowest BCUT2D eigenvalue weighted by Crippen LogP contribution is -2.54. The van der Waals surface area contributed by atoms with Gasteiger partial charge in [0, 0.05) is 29.9 Å². The number of fused-ring (bicyclic) bond motifs is 1. The fourth-order valence-electron chi connectivity index (χ4n) is 4.49. The molecule has 2 atom stereocenters. The van der Waals surface area contributed by atoms with Crippen molar-refractivity contribution in [3.63, 3.8) is 0 Å². The monoisotopic (exact) mass is 561 g/mol. The highest BCUT2D eigenvalue weighted by Crippen LogP contribution is 2.51. The smallest absolute Gasteiger partial charge is 0.369 e. The highest BCUT2D eigenvalue weighted by atomic mass is 32.2. The number of nitrogens with zero attached hydrogens (tertiary/aromatic N) is 3. The maximum absolute atomic E-state index is 13.7. The number of hydrogen-bond acceptors (Lipinski definition) is 3. The van der Waals surface area contributed by atoms with Gasteiger partial charge in [-0.15, -0.1) is 6.58 Å². The molecule has 5 nitrogen and oxygen atoms in total. The van der Waals surface area contributed by atoms with Crippen LogP contribution in [0.3, 0.4) is 0 Å². The van der Waals surface area contributed by atoms with E-state index in [1.54, 1.807) is 23.0 Å². The number of rotatable bonds is 7. The number of benzene rings is 2. The second-order valence-corrected chi connectivity index (χ2v) is 10.1. The average Bonchev–Trinajstić information content (AvgIpc) is 3.28. The molecule has 0 spiro atoms. The Balaban J connectivity index is 1.80. The van der Waals surface area contributed by atoms with Gasteiger partial charge in [-0.1, -0.05) is 18.2 Å². The van der Waals surface area contributed by atoms with Crippen molar-refractivity contribution in [2.45, 2.75) is 54.7 Å². The van der Waals surface area contributed by atoms with Crippen molar-refractivity contribution in [1.82, 2.24) is 9.78 Å². The molecule has 0 amide bonds. The fourth-order valence-corrected chi connectivity index (χ4v) is 5.89. The third-order valence-corrected chi connectivity index (χ3v) is 7.91. The zero-order valence-corrected chi connectivity index (χ0v) is 20.5. The predicted octanol–water partition coefficient (Wildman–Crippen LogP) is 5.61. The molecule has 1 aliphatic rings. The van der Waals surface area contributed by atoms with E-state index in [0.29, 0.717) is 25.1 Å². The lowest BCUT2D eigenvalue weighted by molar-refractivity contribution is -0.376. The van der Waals surface area contributed by atoms with E-state index in [-0.39, 0.29) is 29.0 Å². The molecule has 204 valence electrons. The van der Waals surface area contributed by atoms with Crippen LogP contribution in [0.4, 0.5) is 36.4 Å².